The predicted octanol–water partition coefficient (Wildman–Crippen LogP) is -0.0973. The Bertz CT molecular complexity index is 616. The summed E-state index contributed by atoms with van der Waals surface area (Å²) in [6, 6.07) is 0. The lowest BCUT2D eigenvalue weighted by molar-refractivity contribution is 0.204. The molecule has 17 heavy (non-hydrogen) atoms. The van der Waals surface area contributed by atoms with Gasteiger partial charge < -0.3 is 10.5 Å². The Balaban J connectivity index is 2.37. The van der Waals surface area contributed by atoms with E-state index in [1.807, 2.05) is 0 Å². The molecule has 2 rings (SSSR count). The molecule has 0 amide bonds. The number of fused-ring (bicyclic) bond motifs is 1. The van der Waals surface area contributed by atoms with Gasteiger partial charge in [-0.1, -0.05) is 0 Å². The third-order valence-electron chi connectivity index (χ3n) is 2.10. The Morgan fingerprint density at radius 2 is 2.41 bits per heavy atom. The lowest BCUT2D eigenvalue weighted by Crippen LogP contribution is -2.28. The van der Waals surface area contributed by atoms with Crippen molar-refractivity contribution in [2.45, 2.75) is 5.03 Å². The van der Waals surface area contributed by atoms with Crippen molar-refractivity contribution in [3.05, 3.63) is 11.6 Å². The lowest BCUT2D eigenvalue weighted by atomic mass is 10.7. The molecule has 0 atom stereocenters. The number of nitrogens with one attached hydrogen (secondary N) is 1. The van der Waals surface area contributed by atoms with Crippen molar-refractivity contribution in [1.29, 1.82) is 0 Å². The van der Waals surface area contributed by atoms with Crippen LogP contribution in [-0.4, -0.2) is 38.1 Å². The molecule has 2 aromatic rings. The Morgan fingerprint density at radius 3 is 3.12 bits per heavy atom. The molecule has 0 aliphatic heterocycles. The second-order valence-corrected chi connectivity index (χ2v) is 5.80. The van der Waals surface area contributed by atoms with Gasteiger partial charge in [0.1, 0.15) is 0 Å². The fraction of sp³-hybridized carbons (Fsp3) is 0.375. The van der Waals surface area contributed by atoms with Gasteiger partial charge in [0.15, 0.2) is 15.8 Å². The second kappa shape index (κ2) is 4.61. The molecule has 3 N–H and O–H groups in total. The highest BCUT2D eigenvalue weighted by Crippen LogP contribution is 2.22. The molecule has 0 saturated carbocycles. The Morgan fingerprint density at radius 1 is 1.65 bits per heavy atom. The van der Waals surface area contributed by atoms with Gasteiger partial charge in [0.05, 0.1) is 6.61 Å². The first-order valence-corrected chi connectivity index (χ1v) is 7.12. The molecule has 0 aliphatic rings. The van der Waals surface area contributed by atoms with Crippen LogP contribution in [0.3, 0.4) is 0 Å². The molecule has 0 aliphatic carbocycles. The normalized spacial score (nSPS) is 12.3. The maximum atomic E-state index is 12.0. The van der Waals surface area contributed by atoms with Crippen LogP contribution in [0.5, 0.6) is 0 Å². The quantitative estimate of drug-likeness (QED) is 0.743. The summed E-state index contributed by atoms with van der Waals surface area (Å²) in [6.45, 7) is 0.486. The average molecular weight is 276 g/mol. The van der Waals surface area contributed by atoms with Crippen molar-refractivity contribution in [2.24, 2.45) is 0 Å². The number of nitrogen functional groups attached to an aromatic ring is 1. The third-order valence-corrected chi connectivity index (χ3v) is 4.35. The van der Waals surface area contributed by atoms with Crippen LogP contribution in [0.4, 0.5) is 5.82 Å². The Kier molecular flexibility index (Phi) is 3.33. The number of aromatic nitrogens is 2. The van der Waals surface area contributed by atoms with Crippen LogP contribution in [0.2, 0.25) is 0 Å². The number of nitrogens with two attached hydrogens (primary N) is 1. The van der Waals surface area contributed by atoms with Gasteiger partial charge in [-0.3, -0.25) is 4.40 Å². The molecule has 2 aromatic heterocycles. The molecule has 94 valence electrons. The SMILES string of the molecule is COCCNS(=O)(=O)c1c(N)nc2sccn12. The molecule has 0 aromatic carbocycles. The summed E-state index contributed by atoms with van der Waals surface area (Å²) >= 11 is 1.32. The van der Waals surface area contributed by atoms with E-state index in [2.05, 4.69) is 9.71 Å². The summed E-state index contributed by atoms with van der Waals surface area (Å²) < 4.78 is 32.6. The predicted molar refractivity (Wildman–Crippen MR) is 64.5 cm³/mol. The van der Waals surface area contributed by atoms with E-state index in [1.165, 1.54) is 22.8 Å². The summed E-state index contributed by atoms with van der Waals surface area (Å²) in [4.78, 5) is 4.53. The van der Waals surface area contributed by atoms with Crippen LogP contribution in [0.15, 0.2) is 16.6 Å². The molecule has 0 radical (unpaired) electrons. The number of thiazole rings is 1. The van der Waals surface area contributed by atoms with Gasteiger partial charge in [0, 0.05) is 25.2 Å². The number of rotatable bonds is 5. The van der Waals surface area contributed by atoms with Crippen molar-refractivity contribution in [3.8, 4) is 0 Å². The van der Waals surface area contributed by atoms with E-state index in [9.17, 15) is 8.42 Å². The maximum Gasteiger partial charge on any atom is 0.260 e. The van der Waals surface area contributed by atoms with Crippen LogP contribution in [0, 0.1) is 0 Å². The second-order valence-electron chi connectivity index (χ2n) is 3.25. The molecule has 9 heteroatoms. The highest BCUT2D eigenvalue weighted by atomic mass is 32.2. The van der Waals surface area contributed by atoms with Gasteiger partial charge in [-0.25, -0.2) is 18.1 Å². The van der Waals surface area contributed by atoms with Crippen LogP contribution >= 0.6 is 11.3 Å². The standard InChI is InChI=1S/C8H12N4O3S2/c1-15-4-2-10-17(13,14)7-6(9)11-8-12(7)3-5-16-8/h3,5,10H,2,4,9H2,1H3. The van der Waals surface area contributed by atoms with Crippen LogP contribution < -0.4 is 10.5 Å². The molecular formula is C8H12N4O3S2. The van der Waals surface area contributed by atoms with E-state index in [-0.39, 0.29) is 17.4 Å². The van der Waals surface area contributed by atoms with E-state index in [4.69, 9.17) is 10.5 Å². The Labute approximate surface area is 102 Å². The van der Waals surface area contributed by atoms with Crippen LogP contribution in [-0.2, 0) is 14.8 Å². The number of sulfonamides is 1. The summed E-state index contributed by atoms with van der Waals surface area (Å²) in [5.74, 6) is 0.00164. The number of ether oxygens (including phenoxy) is 1. The number of hydrogen-bond acceptors (Lipinski definition) is 6. The zero-order valence-electron chi connectivity index (χ0n) is 9.08. The monoisotopic (exact) mass is 276 g/mol. The minimum absolute atomic E-state index is 0.00164. The van der Waals surface area contributed by atoms with Gasteiger partial charge >= 0.3 is 0 Å². The number of anilines is 1. The minimum atomic E-state index is -3.66. The smallest absolute Gasteiger partial charge is 0.260 e. The zero-order chi connectivity index (χ0) is 12.5. The van der Waals surface area contributed by atoms with Crippen molar-refractivity contribution in [1.82, 2.24) is 14.1 Å². The van der Waals surface area contributed by atoms with Crippen molar-refractivity contribution >= 4 is 32.1 Å². The van der Waals surface area contributed by atoms with Crippen molar-refractivity contribution < 1.29 is 13.2 Å². The average Bonchev–Trinajstić information content (AvgIpc) is 2.76. The van der Waals surface area contributed by atoms with Gasteiger partial charge in [-0.05, 0) is 0 Å². The van der Waals surface area contributed by atoms with Gasteiger partial charge in [-0.2, -0.15) is 0 Å². The van der Waals surface area contributed by atoms with Crippen molar-refractivity contribution in [3.63, 3.8) is 0 Å². The van der Waals surface area contributed by atoms with Crippen LogP contribution in [0.1, 0.15) is 0 Å². The fourth-order valence-corrected chi connectivity index (χ4v) is 3.39. The highest BCUT2D eigenvalue weighted by molar-refractivity contribution is 7.89. The summed E-state index contributed by atoms with van der Waals surface area (Å²) in [7, 11) is -2.17. The summed E-state index contributed by atoms with van der Waals surface area (Å²) in [5.41, 5.74) is 5.61. The highest BCUT2D eigenvalue weighted by Gasteiger charge is 2.23. The maximum absolute atomic E-state index is 12.0. The van der Waals surface area contributed by atoms with Crippen molar-refractivity contribution in [2.75, 3.05) is 26.0 Å². The largest absolute Gasteiger partial charge is 0.383 e. The van der Waals surface area contributed by atoms with E-state index in [0.29, 0.717) is 11.6 Å². The molecule has 0 fully saturated rings. The number of hydrogen-bond donors (Lipinski definition) is 2. The first kappa shape index (κ1) is 12.3. The molecule has 0 spiro atoms. The van der Waals surface area contributed by atoms with Crippen LogP contribution in [0.25, 0.3) is 4.96 Å². The summed E-state index contributed by atoms with van der Waals surface area (Å²) in [5, 5.41) is 1.72. The molecule has 7 nitrogen and oxygen atoms in total. The minimum Gasteiger partial charge on any atom is -0.383 e. The number of nitrogens with zero attached hydrogens (tertiary/aromatic N) is 2. The molecule has 0 unspecified atom stereocenters. The lowest BCUT2D eigenvalue weighted by Gasteiger charge is -2.05. The number of imidazole rings is 1. The first-order valence-electron chi connectivity index (χ1n) is 4.76. The molecule has 0 saturated heterocycles. The Hall–Kier alpha value is -1.16. The van der Waals surface area contributed by atoms with E-state index in [0.717, 1.165) is 0 Å². The number of methoxy groups -OCH3 is 1. The topological polar surface area (TPSA) is 98.7 Å². The first-order chi connectivity index (χ1) is 8.06. The van der Waals surface area contributed by atoms with E-state index >= 15 is 0 Å². The fourth-order valence-electron chi connectivity index (χ4n) is 1.40. The molecule has 0 bridgehead atoms. The van der Waals surface area contributed by atoms with Gasteiger partial charge in [0.2, 0.25) is 0 Å². The molecule has 2 heterocycles. The zero-order valence-corrected chi connectivity index (χ0v) is 10.7. The van der Waals surface area contributed by atoms with E-state index in [1.54, 1.807) is 11.6 Å². The van der Waals surface area contributed by atoms with Gasteiger partial charge in [-0.15, -0.1) is 11.3 Å². The summed E-state index contributed by atoms with van der Waals surface area (Å²) in [6.07, 6.45) is 1.62. The third kappa shape index (κ3) is 2.27. The molecular weight excluding hydrogens is 264 g/mol. The van der Waals surface area contributed by atoms with Gasteiger partial charge in [0.25, 0.3) is 10.0 Å². The van der Waals surface area contributed by atoms with E-state index < -0.39 is 10.0 Å².